The molecule has 2 N–H and O–H groups in total. The lowest BCUT2D eigenvalue weighted by molar-refractivity contribution is -0.137. The Kier molecular flexibility index (Phi) is 7.61. The van der Waals surface area contributed by atoms with Crippen molar-refractivity contribution >= 4 is 17.8 Å². The van der Waals surface area contributed by atoms with Crippen LogP contribution in [0.25, 0.3) is 0 Å². The molecule has 2 rings (SSSR count). The summed E-state index contributed by atoms with van der Waals surface area (Å²) in [5.74, 6) is -0.693. The van der Waals surface area contributed by atoms with Crippen LogP contribution in [0.4, 0.5) is 0 Å². The van der Waals surface area contributed by atoms with E-state index in [0.29, 0.717) is 31.6 Å². The van der Waals surface area contributed by atoms with Gasteiger partial charge in [-0.3, -0.25) is 14.4 Å². The van der Waals surface area contributed by atoms with Crippen molar-refractivity contribution in [2.45, 2.75) is 58.3 Å². The van der Waals surface area contributed by atoms with Crippen LogP contribution in [0.1, 0.15) is 68.8 Å². The number of carbonyl (C=O) groups is 3. The molecule has 1 unspecified atom stereocenters. The summed E-state index contributed by atoms with van der Waals surface area (Å²) in [6.45, 7) is 8.01. The number of carboxylic acid groups (broad SMARTS) is 1. The summed E-state index contributed by atoms with van der Waals surface area (Å²) in [5, 5.41) is 11.6. The van der Waals surface area contributed by atoms with Crippen molar-refractivity contribution in [3.63, 3.8) is 0 Å². The molecule has 28 heavy (non-hydrogen) atoms. The van der Waals surface area contributed by atoms with E-state index in [4.69, 9.17) is 5.11 Å². The molecular formula is C22H32N2O4. The molecule has 154 valence electrons. The summed E-state index contributed by atoms with van der Waals surface area (Å²) in [7, 11) is 0. The highest BCUT2D eigenvalue weighted by molar-refractivity contribution is 5.94. The highest BCUT2D eigenvalue weighted by Crippen LogP contribution is 2.23. The van der Waals surface area contributed by atoms with Gasteiger partial charge < -0.3 is 15.3 Å². The van der Waals surface area contributed by atoms with Crippen molar-refractivity contribution in [1.82, 2.24) is 10.2 Å². The maximum Gasteiger partial charge on any atom is 0.303 e. The number of rotatable bonds is 7. The van der Waals surface area contributed by atoms with Gasteiger partial charge in [0.1, 0.15) is 0 Å². The highest BCUT2D eigenvalue weighted by Gasteiger charge is 2.24. The van der Waals surface area contributed by atoms with Crippen LogP contribution in [-0.2, 0) is 15.0 Å². The van der Waals surface area contributed by atoms with E-state index in [2.05, 4.69) is 26.1 Å². The average molecular weight is 389 g/mol. The molecule has 1 aromatic rings. The van der Waals surface area contributed by atoms with Gasteiger partial charge in [0.15, 0.2) is 0 Å². The third-order valence-electron chi connectivity index (χ3n) is 5.28. The third kappa shape index (κ3) is 6.66. The minimum absolute atomic E-state index is 0.0170. The lowest BCUT2D eigenvalue weighted by Gasteiger charge is -2.32. The Morgan fingerprint density at radius 3 is 2.43 bits per heavy atom. The summed E-state index contributed by atoms with van der Waals surface area (Å²) in [6, 6.07) is 7.56. The number of benzene rings is 1. The fourth-order valence-electron chi connectivity index (χ4n) is 3.52. The Bertz CT molecular complexity index is 691. The van der Waals surface area contributed by atoms with Gasteiger partial charge in [-0.25, -0.2) is 0 Å². The predicted molar refractivity (Wildman–Crippen MR) is 108 cm³/mol. The first-order valence-electron chi connectivity index (χ1n) is 10.0. The fourth-order valence-corrected chi connectivity index (χ4v) is 3.52. The number of amides is 2. The molecule has 1 saturated heterocycles. The summed E-state index contributed by atoms with van der Waals surface area (Å²) in [5.41, 5.74) is 1.80. The van der Waals surface area contributed by atoms with Crippen molar-refractivity contribution < 1.29 is 19.5 Å². The Balaban J connectivity index is 1.76. The van der Waals surface area contributed by atoms with Crippen LogP contribution in [0.15, 0.2) is 24.3 Å². The Morgan fingerprint density at radius 2 is 1.82 bits per heavy atom. The molecule has 0 aliphatic carbocycles. The maximum atomic E-state index is 12.4. The SMILES string of the molecule is CC(C)(C)c1ccc(C(=O)NCCC(=O)N2CCCC(CCC(=O)O)C2)cc1. The van der Waals surface area contributed by atoms with E-state index in [-0.39, 0.29) is 36.0 Å². The molecular weight excluding hydrogens is 356 g/mol. The number of carboxylic acids is 1. The number of nitrogens with one attached hydrogen (secondary N) is 1. The predicted octanol–water partition coefficient (Wildman–Crippen LogP) is 3.21. The van der Waals surface area contributed by atoms with Gasteiger partial charge in [0.05, 0.1) is 0 Å². The van der Waals surface area contributed by atoms with Crippen molar-refractivity contribution in [3.05, 3.63) is 35.4 Å². The van der Waals surface area contributed by atoms with E-state index >= 15 is 0 Å². The second-order valence-corrected chi connectivity index (χ2v) is 8.61. The molecule has 6 heteroatoms. The largest absolute Gasteiger partial charge is 0.481 e. The van der Waals surface area contributed by atoms with Crippen LogP contribution in [-0.4, -0.2) is 47.4 Å². The number of likely N-dealkylation sites (tertiary alicyclic amines) is 1. The summed E-state index contributed by atoms with van der Waals surface area (Å²) < 4.78 is 0. The lowest BCUT2D eigenvalue weighted by Crippen LogP contribution is -2.41. The number of piperidine rings is 1. The van der Waals surface area contributed by atoms with E-state index in [1.54, 1.807) is 4.90 Å². The van der Waals surface area contributed by atoms with E-state index < -0.39 is 5.97 Å². The van der Waals surface area contributed by atoms with Crippen LogP contribution in [0.2, 0.25) is 0 Å². The molecule has 0 bridgehead atoms. The topological polar surface area (TPSA) is 86.7 Å². The molecule has 1 aliphatic rings. The monoisotopic (exact) mass is 388 g/mol. The van der Waals surface area contributed by atoms with Crippen LogP contribution < -0.4 is 5.32 Å². The number of nitrogens with zero attached hydrogens (tertiary/aromatic N) is 1. The minimum Gasteiger partial charge on any atom is -0.481 e. The molecule has 1 heterocycles. The summed E-state index contributed by atoms with van der Waals surface area (Å²) in [6.07, 6.45) is 2.90. The zero-order valence-corrected chi connectivity index (χ0v) is 17.2. The molecule has 0 radical (unpaired) electrons. The highest BCUT2D eigenvalue weighted by atomic mass is 16.4. The molecule has 0 spiro atoms. The second-order valence-electron chi connectivity index (χ2n) is 8.61. The normalized spacial score (nSPS) is 17.2. The quantitative estimate of drug-likeness (QED) is 0.751. The number of hydrogen-bond acceptors (Lipinski definition) is 3. The van der Waals surface area contributed by atoms with Gasteiger partial charge in [-0.1, -0.05) is 32.9 Å². The zero-order valence-electron chi connectivity index (χ0n) is 17.2. The number of aliphatic carboxylic acids is 1. The molecule has 0 saturated carbocycles. The second kappa shape index (κ2) is 9.71. The molecule has 0 aromatic heterocycles. The van der Waals surface area contributed by atoms with E-state index in [1.165, 1.54) is 5.56 Å². The van der Waals surface area contributed by atoms with Crippen LogP contribution >= 0.6 is 0 Å². The van der Waals surface area contributed by atoms with Gasteiger partial charge in [0.2, 0.25) is 5.91 Å². The van der Waals surface area contributed by atoms with Crippen molar-refractivity contribution in [2.75, 3.05) is 19.6 Å². The minimum atomic E-state index is -0.790. The van der Waals surface area contributed by atoms with Crippen LogP contribution in [0.5, 0.6) is 0 Å². The van der Waals surface area contributed by atoms with E-state index in [9.17, 15) is 14.4 Å². The molecule has 1 aromatic carbocycles. The molecule has 1 aliphatic heterocycles. The zero-order chi connectivity index (χ0) is 20.7. The number of carbonyl (C=O) groups excluding carboxylic acids is 2. The first kappa shape index (κ1) is 21.9. The fraction of sp³-hybridized carbons (Fsp3) is 0.591. The van der Waals surface area contributed by atoms with Gasteiger partial charge in [0.25, 0.3) is 5.91 Å². The van der Waals surface area contributed by atoms with Gasteiger partial charge in [0, 0.05) is 38.0 Å². The third-order valence-corrected chi connectivity index (χ3v) is 5.28. The van der Waals surface area contributed by atoms with Gasteiger partial charge >= 0.3 is 5.97 Å². The standard InChI is InChI=1S/C22H32N2O4/c1-22(2,3)18-9-7-17(8-10-18)21(28)23-13-12-19(25)24-14-4-5-16(15-24)6-11-20(26)27/h7-10,16H,4-6,11-15H2,1-3H3,(H,23,28)(H,26,27). The van der Waals surface area contributed by atoms with Gasteiger partial charge in [-0.05, 0) is 48.3 Å². The Labute approximate surface area is 167 Å². The van der Waals surface area contributed by atoms with Crippen LogP contribution in [0, 0.1) is 5.92 Å². The van der Waals surface area contributed by atoms with Crippen molar-refractivity contribution in [3.8, 4) is 0 Å². The van der Waals surface area contributed by atoms with E-state index in [1.807, 2.05) is 24.3 Å². The molecule has 2 amide bonds. The average Bonchev–Trinajstić information content (AvgIpc) is 2.65. The first-order chi connectivity index (χ1) is 13.2. The first-order valence-corrected chi connectivity index (χ1v) is 10.0. The lowest BCUT2D eigenvalue weighted by atomic mass is 9.87. The molecule has 1 atom stereocenters. The Morgan fingerprint density at radius 1 is 1.14 bits per heavy atom. The summed E-state index contributed by atoms with van der Waals surface area (Å²) in [4.78, 5) is 37.2. The number of hydrogen-bond donors (Lipinski definition) is 2. The smallest absolute Gasteiger partial charge is 0.303 e. The van der Waals surface area contributed by atoms with E-state index in [0.717, 1.165) is 12.8 Å². The molecule has 6 nitrogen and oxygen atoms in total. The van der Waals surface area contributed by atoms with Crippen molar-refractivity contribution in [1.29, 1.82) is 0 Å². The van der Waals surface area contributed by atoms with Gasteiger partial charge in [-0.15, -0.1) is 0 Å². The maximum absolute atomic E-state index is 12.4. The summed E-state index contributed by atoms with van der Waals surface area (Å²) >= 11 is 0. The van der Waals surface area contributed by atoms with Gasteiger partial charge in [-0.2, -0.15) is 0 Å². The Hall–Kier alpha value is -2.37. The molecule has 1 fully saturated rings. The van der Waals surface area contributed by atoms with Crippen LogP contribution in [0.3, 0.4) is 0 Å². The van der Waals surface area contributed by atoms with Crippen molar-refractivity contribution in [2.24, 2.45) is 5.92 Å².